The molecule has 6 heteroatoms. The van der Waals surface area contributed by atoms with Gasteiger partial charge in [0.15, 0.2) is 0 Å². The summed E-state index contributed by atoms with van der Waals surface area (Å²) in [6.07, 6.45) is 8.45. The number of aromatic nitrogens is 4. The van der Waals surface area contributed by atoms with Crippen molar-refractivity contribution in [2.75, 3.05) is 11.5 Å². The fourth-order valence-corrected chi connectivity index (χ4v) is 4.33. The van der Waals surface area contributed by atoms with Gasteiger partial charge >= 0.3 is 0 Å². The lowest BCUT2D eigenvalue weighted by Gasteiger charge is -2.20. The van der Waals surface area contributed by atoms with Gasteiger partial charge in [0.25, 0.3) is 0 Å². The summed E-state index contributed by atoms with van der Waals surface area (Å²) in [4.78, 5) is 0. The first-order valence-electron chi connectivity index (χ1n) is 6.33. The van der Waals surface area contributed by atoms with Crippen LogP contribution in [0.1, 0.15) is 38.5 Å². The quantitative estimate of drug-likeness (QED) is 0.588. The van der Waals surface area contributed by atoms with Crippen LogP contribution in [-0.4, -0.2) is 37.0 Å². The van der Waals surface area contributed by atoms with Crippen LogP contribution in [0.5, 0.6) is 0 Å². The third-order valence-electron chi connectivity index (χ3n) is 3.01. The summed E-state index contributed by atoms with van der Waals surface area (Å²) in [6.45, 7) is 0. The van der Waals surface area contributed by atoms with Crippen molar-refractivity contribution in [2.45, 2.75) is 48.9 Å². The van der Waals surface area contributed by atoms with E-state index in [1.807, 2.05) is 7.05 Å². The van der Waals surface area contributed by atoms with Gasteiger partial charge in [-0.1, -0.05) is 31.0 Å². The van der Waals surface area contributed by atoms with E-state index in [-0.39, 0.29) is 0 Å². The highest BCUT2D eigenvalue weighted by Gasteiger charge is 2.13. The Kier molecular flexibility index (Phi) is 5.64. The van der Waals surface area contributed by atoms with Crippen LogP contribution in [0.25, 0.3) is 0 Å². The third kappa shape index (κ3) is 4.50. The highest BCUT2D eigenvalue weighted by molar-refractivity contribution is 8.00. The number of aryl methyl sites for hydroxylation is 1. The fraction of sp³-hybridized carbons (Fsp3) is 0.909. The molecule has 0 bridgehead atoms. The highest BCUT2D eigenvalue weighted by Crippen LogP contribution is 2.28. The van der Waals surface area contributed by atoms with Crippen molar-refractivity contribution in [3.8, 4) is 0 Å². The van der Waals surface area contributed by atoms with E-state index in [1.54, 1.807) is 16.4 Å². The second kappa shape index (κ2) is 7.26. The van der Waals surface area contributed by atoms with Crippen LogP contribution in [0.15, 0.2) is 5.16 Å². The Bertz CT molecular complexity index is 323. The topological polar surface area (TPSA) is 43.6 Å². The zero-order chi connectivity index (χ0) is 11.9. The molecule has 0 amide bonds. The molecule has 1 aliphatic rings. The van der Waals surface area contributed by atoms with Crippen LogP contribution in [0.4, 0.5) is 0 Å². The smallest absolute Gasteiger partial charge is 0.209 e. The average molecular weight is 272 g/mol. The Morgan fingerprint density at radius 1 is 1.24 bits per heavy atom. The molecule has 0 unspecified atom stereocenters. The number of hydrogen-bond acceptors (Lipinski definition) is 5. The number of hydrogen-bond donors (Lipinski definition) is 0. The lowest BCUT2D eigenvalue weighted by molar-refractivity contribution is 0.516. The van der Waals surface area contributed by atoms with Crippen molar-refractivity contribution in [1.29, 1.82) is 0 Å². The maximum atomic E-state index is 3.96. The molecule has 1 fully saturated rings. The molecular weight excluding hydrogens is 252 g/mol. The molecule has 0 N–H and O–H groups in total. The Balaban J connectivity index is 1.53. The second-order valence-electron chi connectivity index (χ2n) is 4.42. The molecule has 1 aromatic heterocycles. The number of thioether (sulfide) groups is 2. The maximum Gasteiger partial charge on any atom is 0.209 e. The molecule has 0 aromatic carbocycles. The number of nitrogens with zero attached hydrogens (tertiary/aromatic N) is 4. The van der Waals surface area contributed by atoms with Crippen LogP contribution in [-0.2, 0) is 7.05 Å². The molecule has 1 aromatic rings. The molecule has 0 aliphatic heterocycles. The fourth-order valence-electron chi connectivity index (χ4n) is 2.05. The van der Waals surface area contributed by atoms with Crippen molar-refractivity contribution < 1.29 is 0 Å². The first-order valence-corrected chi connectivity index (χ1v) is 8.36. The first kappa shape index (κ1) is 13.2. The van der Waals surface area contributed by atoms with Gasteiger partial charge in [-0.3, -0.25) is 0 Å². The van der Waals surface area contributed by atoms with E-state index in [0.29, 0.717) is 0 Å². The SMILES string of the molecule is Cn1nnnc1SCCCSC1CCCCC1. The zero-order valence-corrected chi connectivity index (χ0v) is 12.0. The van der Waals surface area contributed by atoms with Gasteiger partial charge < -0.3 is 0 Å². The van der Waals surface area contributed by atoms with Crippen molar-refractivity contribution in [2.24, 2.45) is 7.05 Å². The molecule has 2 rings (SSSR count). The lowest BCUT2D eigenvalue weighted by Crippen LogP contribution is -2.08. The van der Waals surface area contributed by atoms with E-state index in [9.17, 15) is 0 Å². The van der Waals surface area contributed by atoms with E-state index in [1.165, 1.54) is 44.3 Å². The van der Waals surface area contributed by atoms with Gasteiger partial charge in [0.2, 0.25) is 5.16 Å². The van der Waals surface area contributed by atoms with Crippen LogP contribution in [0, 0.1) is 0 Å². The van der Waals surface area contributed by atoms with Gasteiger partial charge in [-0.25, -0.2) is 4.68 Å². The molecule has 0 saturated heterocycles. The first-order chi connectivity index (χ1) is 8.36. The summed E-state index contributed by atoms with van der Waals surface area (Å²) < 4.78 is 1.74. The van der Waals surface area contributed by atoms with Gasteiger partial charge in [-0.15, -0.1) is 5.10 Å². The van der Waals surface area contributed by atoms with E-state index in [2.05, 4.69) is 27.3 Å². The number of tetrazole rings is 1. The molecular formula is C11H20N4S2. The number of rotatable bonds is 6. The second-order valence-corrected chi connectivity index (χ2v) is 6.89. The summed E-state index contributed by atoms with van der Waals surface area (Å²) in [7, 11) is 1.89. The van der Waals surface area contributed by atoms with Crippen LogP contribution in [0.2, 0.25) is 0 Å². The molecule has 1 heterocycles. The molecule has 0 spiro atoms. The summed E-state index contributed by atoms with van der Waals surface area (Å²) in [5.41, 5.74) is 0. The van der Waals surface area contributed by atoms with E-state index >= 15 is 0 Å². The van der Waals surface area contributed by atoms with Crippen molar-refractivity contribution in [1.82, 2.24) is 20.2 Å². The molecule has 0 atom stereocenters. The van der Waals surface area contributed by atoms with Crippen molar-refractivity contribution >= 4 is 23.5 Å². The zero-order valence-electron chi connectivity index (χ0n) is 10.3. The largest absolute Gasteiger partial charge is 0.224 e. The molecule has 1 aliphatic carbocycles. The normalized spacial score (nSPS) is 17.5. The molecule has 4 nitrogen and oxygen atoms in total. The summed E-state index contributed by atoms with van der Waals surface area (Å²) in [5.74, 6) is 2.40. The van der Waals surface area contributed by atoms with E-state index in [0.717, 1.165) is 16.2 Å². The third-order valence-corrected chi connectivity index (χ3v) is 5.57. The summed E-state index contributed by atoms with van der Waals surface area (Å²) >= 11 is 3.92. The van der Waals surface area contributed by atoms with Gasteiger partial charge in [0, 0.05) is 18.1 Å². The van der Waals surface area contributed by atoms with Crippen LogP contribution < -0.4 is 0 Å². The van der Waals surface area contributed by atoms with E-state index < -0.39 is 0 Å². The Labute approximate surface area is 111 Å². The van der Waals surface area contributed by atoms with Crippen LogP contribution >= 0.6 is 23.5 Å². The lowest BCUT2D eigenvalue weighted by atomic mass is 10.0. The van der Waals surface area contributed by atoms with Gasteiger partial charge in [0.05, 0.1) is 0 Å². The average Bonchev–Trinajstić information content (AvgIpc) is 2.76. The summed E-state index contributed by atoms with van der Waals surface area (Å²) in [5, 5.41) is 13.3. The summed E-state index contributed by atoms with van der Waals surface area (Å²) in [6, 6.07) is 0. The van der Waals surface area contributed by atoms with Gasteiger partial charge in [0.1, 0.15) is 0 Å². The molecule has 17 heavy (non-hydrogen) atoms. The maximum absolute atomic E-state index is 3.96. The van der Waals surface area contributed by atoms with Crippen molar-refractivity contribution in [3.63, 3.8) is 0 Å². The standard InChI is InChI=1S/C11H20N4S2/c1-15-11(12-13-14-15)17-9-5-8-16-10-6-3-2-4-7-10/h10H,2-9H2,1H3. The van der Waals surface area contributed by atoms with Crippen LogP contribution in [0.3, 0.4) is 0 Å². The minimum atomic E-state index is 0.924. The Morgan fingerprint density at radius 3 is 2.76 bits per heavy atom. The molecule has 96 valence electrons. The van der Waals surface area contributed by atoms with E-state index in [4.69, 9.17) is 0 Å². The molecule has 0 radical (unpaired) electrons. The monoisotopic (exact) mass is 272 g/mol. The van der Waals surface area contributed by atoms with Gasteiger partial charge in [-0.05, 0) is 35.4 Å². The Hall–Kier alpha value is -0.230. The van der Waals surface area contributed by atoms with Crippen molar-refractivity contribution in [3.05, 3.63) is 0 Å². The highest BCUT2D eigenvalue weighted by atomic mass is 32.2. The van der Waals surface area contributed by atoms with Gasteiger partial charge in [-0.2, -0.15) is 11.8 Å². The predicted octanol–water partition coefficient (Wildman–Crippen LogP) is 2.76. The molecule has 1 saturated carbocycles. The Morgan fingerprint density at radius 2 is 2.06 bits per heavy atom. The minimum absolute atomic E-state index is 0.924. The predicted molar refractivity (Wildman–Crippen MR) is 73.5 cm³/mol. The minimum Gasteiger partial charge on any atom is -0.224 e.